The molecule has 0 aromatic heterocycles. The Balaban J connectivity index is 1.35. The van der Waals surface area contributed by atoms with Crippen LogP contribution >= 0.6 is 23.4 Å². The third-order valence-corrected chi connectivity index (χ3v) is 8.04. The number of rotatable bonds is 10. The number of fused-ring (bicyclic) bond motifs is 1. The lowest BCUT2D eigenvalue weighted by Gasteiger charge is -2.25. The van der Waals surface area contributed by atoms with Crippen LogP contribution in [0.2, 0.25) is 5.02 Å². The number of thioether (sulfide) groups is 1. The van der Waals surface area contributed by atoms with E-state index in [2.05, 4.69) is 5.32 Å². The number of nitrogens with one attached hydrogen (secondary N) is 1. The van der Waals surface area contributed by atoms with Gasteiger partial charge in [-0.25, -0.2) is 8.42 Å². The lowest BCUT2D eigenvalue weighted by molar-refractivity contribution is -0.116. The van der Waals surface area contributed by atoms with Gasteiger partial charge in [-0.15, -0.1) is 11.8 Å². The van der Waals surface area contributed by atoms with E-state index in [1.165, 1.54) is 4.31 Å². The van der Waals surface area contributed by atoms with Crippen molar-refractivity contribution in [2.45, 2.75) is 23.5 Å². The highest BCUT2D eigenvalue weighted by Crippen LogP contribution is 2.35. The molecule has 190 valence electrons. The van der Waals surface area contributed by atoms with Gasteiger partial charge in [0, 0.05) is 34.7 Å². The molecule has 0 spiro atoms. The van der Waals surface area contributed by atoms with E-state index < -0.39 is 10.0 Å². The Labute approximate surface area is 220 Å². The first kappa shape index (κ1) is 26.2. The number of sulfonamides is 1. The molecule has 1 amide bonds. The summed E-state index contributed by atoms with van der Waals surface area (Å²) in [5.41, 5.74) is 2.34. The van der Waals surface area contributed by atoms with Gasteiger partial charge >= 0.3 is 0 Å². The highest BCUT2D eigenvalue weighted by Gasteiger charge is 2.21. The lowest BCUT2D eigenvalue weighted by Crippen LogP contribution is -2.31. The van der Waals surface area contributed by atoms with Crippen molar-refractivity contribution in [1.82, 2.24) is 0 Å². The van der Waals surface area contributed by atoms with Crippen LogP contribution in [0.4, 0.5) is 11.4 Å². The zero-order valence-corrected chi connectivity index (χ0v) is 22.2. The second-order valence-electron chi connectivity index (χ2n) is 8.23. The smallest absolute Gasteiger partial charge is 0.232 e. The van der Waals surface area contributed by atoms with Crippen molar-refractivity contribution in [2.24, 2.45) is 0 Å². The van der Waals surface area contributed by atoms with Crippen LogP contribution in [0.3, 0.4) is 0 Å². The average molecular weight is 547 g/mol. The Hall–Kier alpha value is -2.88. The van der Waals surface area contributed by atoms with Crippen LogP contribution in [-0.2, 0) is 20.6 Å². The number of carbonyl (C=O) groups is 1. The van der Waals surface area contributed by atoms with Crippen LogP contribution < -0.4 is 19.1 Å². The first-order valence-electron chi connectivity index (χ1n) is 11.4. The summed E-state index contributed by atoms with van der Waals surface area (Å²) in [6.07, 6.45) is 1.68. The van der Waals surface area contributed by atoms with E-state index in [1.54, 1.807) is 30.0 Å². The largest absolute Gasteiger partial charge is 0.486 e. The van der Waals surface area contributed by atoms with E-state index in [0.717, 1.165) is 28.2 Å². The number of halogens is 1. The molecular formula is C26H27ClN2O5S2. The Morgan fingerprint density at radius 3 is 2.50 bits per heavy atom. The second-order valence-corrected chi connectivity index (χ2v) is 11.6. The summed E-state index contributed by atoms with van der Waals surface area (Å²) in [4.78, 5) is 13.6. The van der Waals surface area contributed by atoms with Crippen molar-refractivity contribution in [2.75, 3.05) is 35.6 Å². The van der Waals surface area contributed by atoms with Crippen molar-refractivity contribution >= 4 is 50.7 Å². The van der Waals surface area contributed by atoms with Crippen molar-refractivity contribution in [3.63, 3.8) is 0 Å². The van der Waals surface area contributed by atoms with Crippen LogP contribution in [0.5, 0.6) is 11.5 Å². The van der Waals surface area contributed by atoms with Gasteiger partial charge in [0.15, 0.2) is 11.5 Å². The number of nitrogens with zero attached hydrogens (tertiary/aromatic N) is 1. The number of ether oxygens (including phenoxy) is 2. The highest BCUT2D eigenvalue weighted by molar-refractivity contribution is 7.98. The molecule has 36 heavy (non-hydrogen) atoms. The summed E-state index contributed by atoms with van der Waals surface area (Å²) in [6, 6.07) is 20.3. The maximum atomic E-state index is 12.7. The van der Waals surface area contributed by atoms with Gasteiger partial charge in [0.1, 0.15) is 13.2 Å². The molecule has 0 radical (unpaired) electrons. The molecule has 1 N–H and O–H groups in total. The normalized spacial score (nSPS) is 12.7. The number of hydrogen-bond donors (Lipinski definition) is 1. The molecule has 10 heteroatoms. The number of amides is 1. The molecule has 0 aliphatic carbocycles. The van der Waals surface area contributed by atoms with Gasteiger partial charge in [-0.05, 0) is 48.4 Å². The van der Waals surface area contributed by atoms with E-state index in [4.69, 9.17) is 21.1 Å². The molecule has 0 bridgehead atoms. The van der Waals surface area contributed by atoms with Crippen LogP contribution in [-0.4, -0.2) is 40.3 Å². The van der Waals surface area contributed by atoms with Crippen LogP contribution in [0.25, 0.3) is 0 Å². The molecule has 4 rings (SSSR count). The van der Waals surface area contributed by atoms with Crippen molar-refractivity contribution in [3.8, 4) is 11.5 Å². The predicted molar refractivity (Wildman–Crippen MR) is 145 cm³/mol. The Morgan fingerprint density at radius 1 is 1.03 bits per heavy atom. The molecule has 7 nitrogen and oxygen atoms in total. The van der Waals surface area contributed by atoms with Gasteiger partial charge in [-0.3, -0.25) is 9.10 Å². The van der Waals surface area contributed by atoms with Crippen molar-refractivity contribution in [1.29, 1.82) is 0 Å². The fourth-order valence-electron chi connectivity index (χ4n) is 3.71. The maximum absolute atomic E-state index is 12.7. The summed E-state index contributed by atoms with van der Waals surface area (Å²) in [6.45, 7) is 1.04. The Bertz CT molecular complexity index is 1320. The van der Waals surface area contributed by atoms with E-state index in [0.29, 0.717) is 41.8 Å². The van der Waals surface area contributed by atoms with Gasteiger partial charge in [-0.2, -0.15) is 0 Å². The number of para-hydroxylation sites is 1. The quantitative estimate of drug-likeness (QED) is 0.334. The minimum Gasteiger partial charge on any atom is -0.486 e. The molecule has 1 aliphatic rings. The van der Waals surface area contributed by atoms with Crippen LogP contribution in [0.15, 0.2) is 71.6 Å². The Kier molecular flexibility index (Phi) is 8.66. The minimum atomic E-state index is -3.55. The average Bonchev–Trinajstić information content (AvgIpc) is 2.86. The monoisotopic (exact) mass is 546 g/mol. The fraction of sp³-hybridized carbons (Fsp3) is 0.269. The van der Waals surface area contributed by atoms with Gasteiger partial charge in [0.25, 0.3) is 0 Å². The second kappa shape index (κ2) is 11.9. The molecule has 3 aromatic rings. The maximum Gasteiger partial charge on any atom is 0.232 e. The zero-order valence-electron chi connectivity index (χ0n) is 19.8. The van der Waals surface area contributed by atoms with E-state index in [9.17, 15) is 13.2 Å². The number of anilines is 2. The summed E-state index contributed by atoms with van der Waals surface area (Å²) in [5, 5.41) is 3.66. The standard InChI is InChI=1S/C26H27ClN2O5S2/c1-36(31,32)29(21-12-13-23-24(17-21)34-16-15-33-23)14-4-7-26(30)28-22-5-2-3-6-25(22)35-18-19-8-10-20(27)11-9-19/h2-3,5-6,8-13,17H,4,7,14-16,18H2,1H3,(H,28,30). The lowest BCUT2D eigenvalue weighted by atomic mass is 10.2. The minimum absolute atomic E-state index is 0.166. The summed E-state index contributed by atoms with van der Waals surface area (Å²) < 4.78 is 37.3. The molecule has 1 heterocycles. The van der Waals surface area contributed by atoms with Crippen molar-refractivity contribution < 1.29 is 22.7 Å². The van der Waals surface area contributed by atoms with Gasteiger partial charge in [0.05, 0.1) is 17.6 Å². The van der Waals surface area contributed by atoms with Crippen LogP contribution in [0.1, 0.15) is 18.4 Å². The molecule has 1 aliphatic heterocycles. The zero-order chi connectivity index (χ0) is 25.5. The summed E-state index contributed by atoms with van der Waals surface area (Å²) in [7, 11) is -3.55. The van der Waals surface area contributed by atoms with Crippen molar-refractivity contribution in [3.05, 3.63) is 77.3 Å². The molecule has 3 aromatic carbocycles. The van der Waals surface area contributed by atoms with E-state index in [-0.39, 0.29) is 18.9 Å². The third kappa shape index (κ3) is 7.09. The summed E-state index contributed by atoms with van der Waals surface area (Å²) >= 11 is 7.58. The number of benzene rings is 3. The molecule has 0 saturated heterocycles. The van der Waals surface area contributed by atoms with Gasteiger partial charge in [-0.1, -0.05) is 35.9 Å². The predicted octanol–water partition coefficient (Wildman–Crippen LogP) is 5.59. The van der Waals surface area contributed by atoms with E-state index >= 15 is 0 Å². The SMILES string of the molecule is CS(=O)(=O)N(CCCC(=O)Nc1ccccc1SCc1ccc(Cl)cc1)c1ccc2c(c1)OCCO2. The molecule has 0 fully saturated rings. The van der Waals surface area contributed by atoms with Gasteiger partial charge < -0.3 is 14.8 Å². The van der Waals surface area contributed by atoms with E-state index in [1.807, 2.05) is 48.5 Å². The first-order valence-corrected chi connectivity index (χ1v) is 14.6. The van der Waals surface area contributed by atoms with Crippen LogP contribution in [0, 0.1) is 0 Å². The highest BCUT2D eigenvalue weighted by atomic mass is 35.5. The topological polar surface area (TPSA) is 84.9 Å². The number of carbonyl (C=O) groups excluding carboxylic acids is 1. The Morgan fingerprint density at radius 2 is 1.75 bits per heavy atom. The fourth-order valence-corrected chi connectivity index (χ4v) is 5.75. The molecule has 0 unspecified atom stereocenters. The first-order chi connectivity index (χ1) is 17.3. The molecular weight excluding hydrogens is 520 g/mol. The molecule has 0 atom stereocenters. The third-order valence-electron chi connectivity index (χ3n) is 5.45. The summed E-state index contributed by atoms with van der Waals surface area (Å²) in [5.74, 6) is 1.66. The molecule has 0 saturated carbocycles. The van der Waals surface area contributed by atoms with Gasteiger partial charge in [0.2, 0.25) is 15.9 Å². The number of hydrogen-bond acceptors (Lipinski definition) is 6.